The number of rotatable bonds is 4. The molecule has 0 aliphatic heterocycles. The van der Waals surface area contributed by atoms with Crippen LogP contribution in [0.1, 0.15) is 10.5 Å². The van der Waals surface area contributed by atoms with Crippen LogP contribution in [0.4, 0.5) is 5.69 Å². The van der Waals surface area contributed by atoms with Crippen LogP contribution in [-0.4, -0.2) is 32.4 Å². The minimum atomic E-state index is -0.412. The van der Waals surface area contributed by atoms with Gasteiger partial charge < -0.3 is 11.1 Å². The SMILES string of the molecule is NCCn1cc(C(=O)Nc2cc(Br)cnc2Cl)nn1. The Balaban J connectivity index is 2.13. The monoisotopic (exact) mass is 344 g/mol. The summed E-state index contributed by atoms with van der Waals surface area (Å²) >= 11 is 9.13. The van der Waals surface area contributed by atoms with Crippen molar-refractivity contribution in [2.24, 2.45) is 5.73 Å². The van der Waals surface area contributed by atoms with E-state index in [0.29, 0.717) is 23.2 Å². The van der Waals surface area contributed by atoms with Crippen LogP contribution in [0.3, 0.4) is 0 Å². The Morgan fingerprint density at radius 3 is 3.11 bits per heavy atom. The quantitative estimate of drug-likeness (QED) is 0.814. The van der Waals surface area contributed by atoms with Gasteiger partial charge in [-0.1, -0.05) is 16.8 Å². The Kier molecular flexibility index (Phi) is 4.46. The van der Waals surface area contributed by atoms with Crippen LogP contribution in [0, 0.1) is 0 Å². The number of carbonyl (C=O) groups excluding carboxylic acids is 1. The summed E-state index contributed by atoms with van der Waals surface area (Å²) < 4.78 is 2.20. The molecule has 0 radical (unpaired) electrons. The van der Waals surface area contributed by atoms with Gasteiger partial charge in [-0.25, -0.2) is 4.98 Å². The topological polar surface area (TPSA) is 98.7 Å². The summed E-state index contributed by atoms with van der Waals surface area (Å²) in [7, 11) is 0. The summed E-state index contributed by atoms with van der Waals surface area (Å²) in [5, 5.41) is 10.3. The van der Waals surface area contributed by atoms with Crippen LogP contribution < -0.4 is 11.1 Å². The second-order valence-corrected chi connectivity index (χ2v) is 4.88. The maximum absolute atomic E-state index is 11.9. The summed E-state index contributed by atoms with van der Waals surface area (Å²) in [5.74, 6) is -0.412. The predicted octanol–water partition coefficient (Wildman–Crippen LogP) is 1.30. The minimum Gasteiger partial charge on any atom is -0.329 e. The number of anilines is 1. The average Bonchev–Trinajstić information content (AvgIpc) is 2.83. The van der Waals surface area contributed by atoms with Gasteiger partial charge in [-0.3, -0.25) is 9.48 Å². The highest BCUT2D eigenvalue weighted by Gasteiger charge is 2.13. The average molecular weight is 346 g/mol. The molecule has 0 fully saturated rings. The van der Waals surface area contributed by atoms with Crippen molar-refractivity contribution < 1.29 is 4.79 Å². The number of nitrogens with two attached hydrogens (primary N) is 1. The van der Waals surface area contributed by atoms with Gasteiger partial charge in [0.15, 0.2) is 10.8 Å². The Morgan fingerprint density at radius 2 is 2.37 bits per heavy atom. The second kappa shape index (κ2) is 6.09. The van der Waals surface area contributed by atoms with Gasteiger partial charge in [0.1, 0.15) is 0 Å². The molecule has 0 aliphatic carbocycles. The largest absolute Gasteiger partial charge is 0.329 e. The number of hydrogen-bond donors (Lipinski definition) is 2. The first-order chi connectivity index (χ1) is 9.10. The van der Waals surface area contributed by atoms with E-state index in [4.69, 9.17) is 17.3 Å². The van der Waals surface area contributed by atoms with E-state index in [-0.39, 0.29) is 10.8 Å². The molecule has 2 rings (SSSR count). The van der Waals surface area contributed by atoms with Gasteiger partial charge >= 0.3 is 0 Å². The third-order valence-electron chi connectivity index (χ3n) is 2.18. The number of halogens is 2. The summed E-state index contributed by atoms with van der Waals surface area (Å²) in [4.78, 5) is 15.8. The van der Waals surface area contributed by atoms with Crippen LogP contribution >= 0.6 is 27.5 Å². The zero-order chi connectivity index (χ0) is 13.8. The van der Waals surface area contributed by atoms with E-state index in [1.807, 2.05) is 0 Å². The van der Waals surface area contributed by atoms with Crippen molar-refractivity contribution in [2.75, 3.05) is 11.9 Å². The zero-order valence-corrected chi connectivity index (χ0v) is 12.0. The molecule has 9 heteroatoms. The highest BCUT2D eigenvalue weighted by molar-refractivity contribution is 9.10. The van der Waals surface area contributed by atoms with E-state index in [2.05, 4.69) is 36.5 Å². The molecule has 0 unspecified atom stereocenters. The van der Waals surface area contributed by atoms with Crippen molar-refractivity contribution in [1.82, 2.24) is 20.0 Å². The Bertz CT molecular complexity index is 601. The Morgan fingerprint density at radius 1 is 1.58 bits per heavy atom. The maximum atomic E-state index is 11.9. The number of nitrogens with one attached hydrogen (secondary N) is 1. The third kappa shape index (κ3) is 3.49. The molecule has 3 N–H and O–H groups in total. The van der Waals surface area contributed by atoms with Crippen LogP contribution in [0.15, 0.2) is 22.9 Å². The number of pyridine rings is 1. The first kappa shape index (κ1) is 13.9. The molecule has 2 aromatic rings. The third-order valence-corrected chi connectivity index (χ3v) is 2.92. The van der Waals surface area contributed by atoms with E-state index in [9.17, 15) is 4.79 Å². The Hall–Kier alpha value is -1.51. The maximum Gasteiger partial charge on any atom is 0.277 e. The molecule has 0 atom stereocenters. The smallest absolute Gasteiger partial charge is 0.277 e. The summed E-state index contributed by atoms with van der Waals surface area (Å²) in [5.41, 5.74) is 5.97. The minimum absolute atomic E-state index is 0.185. The molecule has 100 valence electrons. The lowest BCUT2D eigenvalue weighted by molar-refractivity contribution is 0.102. The molecule has 0 bridgehead atoms. The van der Waals surface area contributed by atoms with Crippen LogP contribution in [0.2, 0.25) is 5.15 Å². The molecule has 0 spiro atoms. The number of amides is 1. The molecule has 0 aliphatic rings. The predicted molar refractivity (Wildman–Crippen MR) is 74.0 cm³/mol. The van der Waals surface area contributed by atoms with Gasteiger partial charge in [-0.05, 0) is 22.0 Å². The van der Waals surface area contributed by atoms with Crippen LogP contribution in [0.25, 0.3) is 0 Å². The van der Waals surface area contributed by atoms with Crippen LogP contribution in [-0.2, 0) is 6.54 Å². The van der Waals surface area contributed by atoms with Gasteiger partial charge in [-0.15, -0.1) is 5.10 Å². The first-order valence-corrected chi connectivity index (χ1v) is 6.50. The fraction of sp³-hybridized carbons (Fsp3) is 0.200. The van der Waals surface area contributed by atoms with Gasteiger partial charge in [0.2, 0.25) is 0 Å². The summed E-state index contributed by atoms with van der Waals surface area (Å²) in [6.45, 7) is 0.922. The fourth-order valence-corrected chi connectivity index (χ4v) is 1.82. The van der Waals surface area contributed by atoms with E-state index in [1.54, 1.807) is 6.07 Å². The molecule has 0 saturated carbocycles. The molecule has 0 aromatic carbocycles. The van der Waals surface area contributed by atoms with E-state index < -0.39 is 5.91 Å². The normalized spacial score (nSPS) is 10.5. The van der Waals surface area contributed by atoms with Gasteiger partial charge in [-0.2, -0.15) is 0 Å². The van der Waals surface area contributed by atoms with Crippen molar-refractivity contribution in [3.05, 3.63) is 33.8 Å². The van der Waals surface area contributed by atoms with Gasteiger partial charge in [0, 0.05) is 17.2 Å². The summed E-state index contributed by atoms with van der Waals surface area (Å²) in [6.07, 6.45) is 3.05. The fourth-order valence-electron chi connectivity index (χ4n) is 1.34. The van der Waals surface area contributed by atoms with Crippen molar-refractivity contribution in [3.8, 4) is 0 Å². The lowest BCUT2D eigenvalue weighted by Gasteiger charge is -2.04. The van der Waals surface area contributed by atoms with Crippen molar-refractivity contribution >= 4 is 39.1 Å². The molecular formula is C10H10BrClN6O. The molecule has 0 saturated heterocycles. The molecule has 7 nitrogen and oxygen atoms in total. The number of nitrogens with zero attached hydrogens (tertiary/aromatic N) is 4. The van der Waals surface area contributed by atoms with Gasteiger partial charge in [0.05, 0.1) is 18.4 Å². The molecule has 19 heavy (non-hydrogen) atoms. The van der Waals surface area contributed by atoms with Gasteiger partial charge in [0.25, 0.3) is 5.91 Å². The van der Waals surface area contributed by atoms with Crippen molar-refractivity contribution in [1.29, 1.82) is 0 Å². The zero-order valence-electron chi connectivity index (χ0n) is 9.68. The van der Waals surface area contributed by atoms with Crippen molar-refractivity contribution in [3.63, 3.8) is 0 Å². The van der Waals surface area contributed by atoms with Crippen LogP contribution in [0.5, 0.6) is 0 Å². The Labute approximate surface area is 122 Å². The number of aromatic nitrogens is 4. The summed E-state index contributed by atoms with van der Waals surface area (Å²) in [6, 6.07) is 1.65. The number of hydrogen-bond acceptors (Lipinski definition) is 5. The van der Waals surface area contributed by atoms with Crippen molar-refractivity contribution in [2.45, 2.75) is 6.54 Å². The highest BCUT2D eigenvalue weighted by Crippen LogP contribution is 2.23. The molecule has 1 amide bonds. The molecular weight excluding hydrogens is 336 g/mol. The molecule has 2 heterocycles. The highest BCUT2D eigenvalue weighted by atomic mass is 79.9. The lowest BCUT2D eigenvalue weighted by atomic mass is 10.4. The van der Waals surface area contributed by atoms with E-state index in [1.165, 1.54) is 17.1 Å². The lowest BCUT2D eigenvalue weighted by Crippen LogP contribution is -2.13. The standard InChI is InChI=1S/C10H10BrClN6O/c11-6-3-7(9(12)14-4-6)15-10(19)8-5-18(2-1-13)17-16-8/h3-5H,1-2,13H2,(H,15,19). The second-order valence-electron chi connectivity index (χ2n) is 3.60. The van der Waals surface area contributed by atoms with E-state index in [0.717, 1.165) is 0 Å². The molecule has 2 aromatic heterocycles. The van der Waals surface area contributed by atoms with E-state index >= 15 is 0 Å². The number of carbonyl (C=O) groups is 1. The first-order valence-electron chi connectivity index (χ1n) is 5.32.